The van der Waals surface area contributed by atoms with Crippen LogP contribution >= 0.6 is 0 Å². The summed E-state index contributed by atoms with van der Waals surface area (Å²) in [4.78, 5) is 17.3. The molecule has 0 saturated heterocycles. The lowest BCUT2D eigenvalue weighted by atomic mass is 9.72. The number of hydrogen-bond donors (Lipinski definition) is 1. The molecule has 1 aliphatic carbocycles. The minimum Gasteiger partial charge on any atom is -0.361 e. The van der Waals surface area contributed by atoms with Crippen LogP contribution in [0.2, 0.25) is 0 Å². The largest absolute Gasteiger partial charge is 0.392 e. The van der Waals surface area contributed by atoms with E-state index in [1.165, 1.54) is 0 Å². The molecule has 33 heavy (non-hydrogen) atoms. The van der Waals surface area contributed by atoms with Crippen LogP contribution in [0.1, 0.15) is 43.6 Å². The van der Waals surface area contributed by atoms with Crippen molar-refractivity contribution in [3.63, 3.8) is 0 Å². The molecular formula is C23H24F3N5O2. The Kier molecular flexibility index (Phi) is 6.15. The first-order chi connectivity index (χ1) is 15.7. The molecule has 1 unspecified atom stereocenters. The molecule has 0 radical (unpaired) electrons. The van der Waals surface area contributed by atoms with Gasteiger partial charge in [-0.1, -0.05) is 5.16 Å². The van der Waals surface area contributed by atoms with Gasteiger partial charge in [0.05, 0.1) is 29.8 Å². The van der Waals surface area contributed by atoms with Gasteiger partial charge in [-0.25, -0.2) is 4.98 Å². The number of alkyl halides is 3. The average Bonchev–Trinajstić information content (AvgIpc) is 3.32. The van der Waals surface area contributed by atoms with Gasteiger partial charge >= 0.3 is 6.18 Å². The highest BCUT2D eigenvalue weighted by atomic mass is 19.4. The quantitative estimate of drug-likeness (QED) is 0.548. The molecule has 0 aromatic carbocycles. The first-order valence-electron chi connectivity index (χ1n) is 10.8. The number of aryl methyl sites for hydroxylation is 2. The number of nitriles is 1. The number of carbonyl (C=O) groups is 1. The molecule has 3 heterocycles. The fourth-order valence-corrected chi connectivity index (χ4v) is 4.78. The van der Waals surface area contributed by atoms with Crippen LogP contribution in [0.3, 0.4) is 0 Å². The first-order valence-corrected chi connectivity index (χ1v) is 10.8. The number of rotatable bonds is 5. The molecule has 174 valence electrons. The molecule has 1 saturated carbocycles. The summed E-state index contributed by atoms with van der Waals surface area (Å²) in [5.74, 6) is -2.80. The molecule has 0 aliphatic heterocycles. The molecule has 7 nitrogen and oxygen atoms in total. The van der Waals surface area contributed by atoms with Crippen LogP contribution in [0.15, 0.2) is 29.0 Å². The molecule has 0 spiro atoms. The SMILES string of the molecule is Cc1noc(C)c1-c1ccc2nc(NC(=O)[C@@H]3CC(CCC#N)CC[C@H]3C(F)(F)F)cn2c1. The van der Waals surface area contributed by atoms with Gasteiger partial charge in [-0.3, -0.25) is 4.79 Å². The third kappa shape index (κ3) is 4.72. The van der Waals surface area contributed by atoms with Gasteiger partial charge in [0, 0.05) is 23.7 Å². The Morgan fingerprint density at radius 2 is 2.09 bits per heavy atom. The Labute approximate surface area is 188 Å². The predicted molar refractivity (Wildman–Crippen MR) is 114 cm³/mol. The second kappa shape index (κ2) is 8.89. The Morgan fingerprint density at radius 1 is 1.30 bits per heavy atom. The number of fused-ring (bicyclic) bond motifs is 1. The summed E-state index contributed by atoms with van der Waals surface area (Å²) in [5, 5.41) is 15.3. The fraction of sp³-hybridized carbons (Fsp3) is 0.478. The minimum absolute atomic E-state index is 0.0716. The van der Waals surface area contributed by atoms with Gasteiger partial charge < -0.3 is 14.2 Å². The zero-order chi connectivity index (χ0) is 23.8. The minimum atomic E-state index is -4.45. The van der Waals surface area contributed by atoms with Gasteiger partial charge in [-0.2, -0.15) is 18.4 Å². The molecule has 0 bridgehead atoms. The number of nitrogens with one attached hydrogen (secondary N) is 1. The second-order valence-corrected chi connectivity index (χ2v) is 8.63. The van der Waals surface area contributed by atoms with Crippen LogP contribution in [0, 0.1) is 42.9 Å². The van der Waals surface area contributed by atoms with Crippen LogP contribution in [0.25, 0.3) is 16.8 Å². The monoisotopic (exact) mass is 459 g/mol. The van der Waals surface area contributed by atoms with Crippen molar-refractivity contribution in [1.29, 1.82) is 5.26 Å². The predicted octanol–water partition coefficient (Wildman–Crippen LogP) is 5.44. The zero-order valence-electron chi connectivity index (χ0n) is 18.3. The maximum absolute atomic E-state index is 13.6. The molecule has 1 N–H and O–H groups in total. The summed E-state index contributed by atoms with van der Waals surface area (Å²) >= 11 is 0. The normalized spacial score (nSPS) is 21.2. The maximum Gasteiger partial charge on any atom is 0.392 e. The summed E-state index contributed by atoms with van der Waals surface area (Å²) in [5.41, 5.74) is 2.99. The van der Waals surface area contributed by atoms with Gasteiger partial charge in [0.15, 0.2) is 5.82 Å². The van der Waals surface area contributed by atoms with Crippen LogP contribution < -0.4 is 5.32 Å². The highest BCUT2D eigenvalue weighted by Gasteiger charge is 2.49. The van der Waals surface area contributed by atoms with Crippen LogP contribution in [-0.2, 0) is 4.79 Å². The number of imidazole rings is 1. The number of carbonyl (C=O) groups excluding carboxylic acids is 1. The number of hydrogen-bond acceptors (Lipinski definition) is 5. The summed E-state index contributed by atoms with van der Waals surface area (Å²) < 4.78 is 47.8. The highest BCUT2D eigenvalue weighted by Crippen LogP contribution is 2.45. The van der Waals surface area contributed by atoms with Gasteiger partial charge in [0.25, 0.3) is 0 Å². The standard InChI is InChI=1S/C23H24F3N5O2/c1-13-21(14(2)33-30-13)16-6-8-20-28-19(12-31(20)11-16)29-22(32)17-10-15(4-3-9-27)5-7-18(17)23(24,25)26/h6,8,11-12,15,17-18H,3-5,7,10H2,1-2H3,(H,29,32)/t15?,17-,18-/m1/s1. The highest BCUT2D eigenvalue weighted by molar-refractivity contribution is 5.92. The van der Waals surface area contributed by atoms with Crippen molar-refractivity contribution in [2.24, 2.45) is 17.8 Å². The van der Waals surface area contributed by atoms with Crippen molar-refractivity contribution in [3.05, 3.63) is 36.0 Å². The topological polar surface area (TPSA) is 96.2 Å². The van der Waals surface area contributed by atoms with E-state index in [0.29, 0.717) is 24.2 Å². The van der Waals surface area contributed by atoms with Crippen molar-refractivity contribution >= 4 is 17.4 Å². The molecule has 1 amide bonds. The molecule has 1 fully saturated rings. The van der Waals surface area contributed by atoms with E-state index in [9.17, 15) is 18.0 Å². The van der Waals surface area contributed by atoms with Crippen LogP contribution in [-0.4, -0.2) is 26.6 Å². The van der Waals surface area contributed by atoms with Crippen LogP contribution in [0.5, 0.6) is 0 Å². The number of anilines is 1. The lowest BCUT2D eigenvalue weighted by molar-refractivity contribution is -0.199. The number of halogens is 3. The number of amides is 1. The Hall–Kier alpha value is -3.35. The van der Waals surface area contributed by atoms with Crippen molar-refractivity contribution in [3.8, 4) is 17.2 Å². The molecule has 1 aliphatic rings. The molecule has 3 aromatic heterocycles. The lowest BCUT2D eigenvalue weighted by Gasteiger charge is -2.36. The Bertz CT molecular complexity index is 1190. The van der Waals surface area contributed by atoms with E-state index >= 15 is 0 Å². The molecular weight excluding hydrogens is 435 g/mol. The number of nitrogens with zero attached hydrogens (tertiary/aromatic N) is 4. The van der Waals surface area contributed by atoms with Gasteiger partial charge in [-0.15, -0.1) is 0 Å². The van der Waals surface area contributed by atoms with Gasteiger partial charge in [0.2, 0.25) is 5.91 Å². The maximum atomic E-state index is 13.6. The van der Waals surface area contributed by atoms with E-state index in [4.69, 9.17) is 9.78 Å². The number of aromatic nitrogens is 3. The van der Waals surface area contributed by atoms with E-state index in [0.717, 1.165) is 16.8 Å². The Balaban J connectivity index is 1.55. The summed E-state index contributed by atoms with van der Waals surface area (Å²) in [6, 6.07) is 5.64. The third-order valence-corrected chi connectivity index (χ3v) is 6.40. The second-order valence-electron chi connectivity index (χ2n) is 8.63. The fourth-order valence-electron chi connectivity index (χ4n) is 4.78. The van der Waals surface area contributed by atoms with Crippen LogP contribution in [0.4, 0.5) is 19.0 Å². The molecule has 10 heteroatoms. The van der Waals surface area contributed by atoms with Crippen molar-refractivity contribution < 1.29 is 22.5 Å². The smallest absolute Gasteiger partial charge is 0.361 e. The van der Waals surface area contributed by atoms with Gasteiger partial charge in [-0.05, 0) is 57.6 Å². The molecule has 4 rings (SSSR count). The Morgan fingerprint density at radius 3 is 2.76 bits per heavy atom. The van der Waals surface area contributed by atoms with Crippen molar-refractivity contribution in [2.75, 3.05) is 5.32 Å². The zero-order valence-corrected chi connectivity index (χ0v) is 18.3. The summed E-state index contributed by atoms with van der Waals surface area (Å²) in [7, 11) is 0. The van der Waals surface area contributed by atoms with E-state index < -0.39 is 23.9 Å². The average molecular weight is 459 g/mol. The van der Waals surface area contributed by atoms with Crippen molar-refractivity contribution in [2.45, 2.75) is 52.1 Å². The third-order valence-electron chi connectivity index (χ3n) is 6.40. The van der Waals surface area contributed by atoms with Crippen molar-refractivity contribution in [1.82, 2.24) is 14.5 Å². The number of pyridine rings is 1. The summed E-state index contributed by atoms with van der Waals surface area (Å²) in [6.45, 7) is 3.64. The summed E-state index contributed by atoms with van der Waals surface area (Å²) in [6.07, 6.45) is 0.0815. The van der Waals surface area contributed by atoms with E-state index in [-0.39, 0.29) is 31.0 Å². The molecule has 3 atom stereocenters. The first kappa shape index (κ1) is 22.8. The molecule has 3 aromatic rings. The van der Waals surface area contributed by atoms with E-state index in [1.54, 1.807) is 16.7 Å². The van der Waals surface area contributed by atoms with E-state index in [1.807, 2.05) is 32.2 Å². The van der Waals surface area contributed by atoms with E-state index in [2.05, 4.69) is 15.5 Å². The lowest BCUT2D eigenvalue weighted by Crippen LogP contribution is -2.41. The van der Waals surface area contributed by atoms with Gasteiger partial charge in [0.1, 0.15) is 11.4 Å².